The molecule has 7 nitrogen and oxygen atoms in total. The molecule has 2 aromatic rings. The fourth-order valence-electron chi connectivity index (χ4n) is 2.08. The SMILES string of the molecule is CCOC(=O)c1ccc(NC(=O)Nc2ccc(CC(=O)O)cc2)cc1. The van der Waals surface area contributed by atoms with E-state index in [2.05, 4.69) is 10.6 Å². The summed E-state index contributed by atoms with van der Waals surface area (Å²) in [5.41, 5.74) is 2.11. The highest BCUT2D eigenvalue weighted by Crippen LogP contribution is 2.13. The van der Waals surface area contributed by atoms with Crippen molar-refractivity contribution in [2.75, 3.05) is 17.2 Å². The summed E-state index contributed by atoms with van der Waals surface area (Å²) in [5.74, 6) is -1.33. The van der Waals surface area contributed by atoms with Crippen LogP contribution >= 0.6 is 0 Å². The van der Waals surface area contributed by atoms with Crippen LogP contribution < -0.4 is 10.6 Å². The number of carboxylic acids is 1. The van der Waals surface area contributed by atoms with Crippen LogP contribution in [0, 0.1) is 0 Å². The number of hydrogen-bond acceptors (Lipinski definition) is 4. The molecule has 0 saturated carbocycles. The van der Waals surface area contributed by atoms with Crippen molar-refractivity contribution in [3.63, 3.8) is 0 Å². The molecule has 0 unspecified atom stereocenters. The number of carboxylic acid groups (broad SMARTS) is 1. The summed E-state index contributed by atoms with van der Waals surface area (Å²) in [6.07, 6.45) is -0.0701. The zero-order valence-electron chi connectivity index (χ0n) is 13.6. The van der Waals surface area contributed by atoms with Crippen LogP contribution in [0.4, 0.5) is 16.2 Å². The molecule has 0 radical (unpaired) electrons. The van der Waals surface area contributed by atoms with E-state index in [1.165, 1.54) is 0 Å². The Bertz CT molecular complexity index is 754. The molecule has 0 saturated heterocycles. The van der Waals surface area contributed by atoms with Crippen LogP contribution in [-0.2, 0) is 16.0 Å². The molecule has 0 bridgehead atoms. The molecule has 130 valence electrons. The molecule has 25 heavy (non-hydrogen) atoms. The van der Waals surface area contributed by atoms with E-state index < -0.39 is 18.0 Å². The fraction of sp³-hybridized carbons (Fsp3) is 0.167. The van der Waals surface area contributed by atoms with E-state index in [0.717, 1.165) is 0 Å². The monoisotopic (exact) mass is 342 g/mol. The molecular weight excluding hydrogens is 324 g/mol. The highest BCUT2D eigenvalue weighted by atomic mass is 16.5. The van der Waals surface area contributed by atoms with Crippen LogP contribution in [0.5, 0.6) is 0 Å². The van der Waals surface area contributed by atoms with Crippen molar-refractivity contribution in [3.8, 4) is 0 Å². The van der Waals surface area contributed by atoms with Gasteiger partial charge in [0.15, 0.2) is 0 Å². The number of aliphatic carboxylic acids is 1. The lowest BCUT2D eigenvalue weighted by molar-refractivity contribution is -0.136. The van der Waals surface area contributed by atoms with Crippen molar-refractivity contribution < 1.29 is 24.2 Å². The highest BCUT2D eigenvalue weighted by Gasteiger charge is 2.07. The first kappa shape index (κ1) is 18.0. The number of nitrogens with one attached hydrogen (secondary N) is 2. The van der Waals surface area contributed by atoms with Crippen molar-refractivity contribution in [2.45, 2.75) is 13.3 Å². The van der Waals surface area contributed by atoms with Gasteiger partial charge in [0.05, 0.1) is 18.6 Å². The standard InChI is InChI=1S/C18H18N2O5/c1-2-25-17(23)13-5-9-15(10-6-13)20-18(24)19-14-7-3-12(4-8-14)11-16(21)22/h3-10H,2,11H2,1H3,(H,21,22)(H2,19,20,24). The van der Waals surface area contributed by atoms with Crippen molar-refractivity contribution in [3.05, 3.63) is 59.7 Å². The largest absolute Gasteiger partial charge is 0.481 e. The Hall–Kier alpha value is -3.35. The normalized spacial score (nSPS) is 9.96. The number of ether oxygens (including phenoxy) is 1. The maximum atomic E-state index is 12.0. The maximum absolute atomic E-state index is 12.0. The number of hydrogen-bond donors (Lipinski definition) is 3. The van der Waals surface area contributed by atoms with Gasteiger partial charge in [0.25, 0.3) is 0 Å². The number of carbonyl (C=O) groups is 3. The average molecular weight is 342 g/mol. The van der Waals surface area contributed by atoms with Crippen LogP contribution in [0.25, 0.3) is 0 Å². The summed E-state index contributed by atoms with van der Waals surface area (Å²) >= 11 is 0. The first-order valence-electron chi connectivity index (χ1n) is 7.64. The van der Waals surface area contributed by atoms with Gasteiger partial charge in [-0.3, -0.25) is 4.79 Å². The Morgan fingerprint density at radius 2 is 1.44 bits per heavy atom. The molecule has 2 rings (SSSR count). The smallest absolute Gasteiger partial charge is 0.338 e. The molecule has 0 heterocycles. The van der Waals surface area contributed by atoms with Gasteiger partial charge in [-0.2, -0.15) is 0 Å². The summed E-state index contributed by atoms with van der Waals surface area (Å²) in [6.45, 7) is 2.03. The zero-order valence-corrected chi connectivity index (χ0v) is 13.6. The molecule has 0 aliphatic rings. The number of esters is 1. The number of benzene rings is 2. The van der Waals surface area contributed by atoms with Crippen LogP contribution in [-0.4, -0.2) is 29.7 Å². The maximum Gasteiger partial charge on any atom is 0.338 e. The Labute approximate surface area is 144 Å². The van der Waals surface area contributed by atoms with Gasteiger partial charge in [0.2, 0.25) is 0 Å². The van der Waals surface area contributed by atoms with Gasteiger partial charge >= 0.3 is 18.0 Å². The van der Waals surface area contributed by atoms with Gasteiger partial charge in [-0.1, -0.05) is 12.1 Å². The quantitative estimate of drug-likeness (QED) is 0.700. The predicted octanol–water partition coefficient (Wildman–Crippen LogP) is 3.13. The molecule has 3 N–H and O–H groups in total. The van der Waals surface area contributed by atoms with Gasteiger partial charge in [0, 0.05) is 11.4 Å². The number of anilines is 2. The van der Waals surface area contributed by atoms with Gasteiger partial charge in [-0.25, -0.2) is 9.59 Å². The predicted molar refractivity (Wildman–Crippen MR) is 92.8 cm³/mol. The van der Waals surface area contributed by atoms with Crippen molar-refractivity contribution in [1.82, 2.24) is 0 Å². The lowest BCUT2D eigenvalue weighted by Gasteiger charge is -2.09. The van der Waals surface area contributed by atoms with Crippen molar-refractivity contribution in [2.24, 2.45) is 0 Å². The molecule has 2 amide bonds. The zero-order chi connectivity index (χ0) is 18.2. The van der Waals surface area contributed by atoms with Gasteiger partial charge in [-0.15, -0.1) is 0 Å². The third kappa shape index (κ3) is 5.65. The second-order valence-corrected chi connectivity index (χ2v) is 5.14. The Balaban J connectivity index is 1.91. The van der Waals surface area contributed by atoms with Gasteiger partial charge in [0.1, 0.15) is 0 Å². The van der Waals surface area contributed by atoms with Crippen molar-refractivity contribution >= 4 is 29.3 Å². The van der Waals surface area contributed by atoms with Crippen molar-refractivity contribution in [1.29, 1.82) is 0 Å². The second kappa shape index (κ2) is 8.49. The Kier molecular flexibility index (Phi) is 6.11. The first-order chi connectivity index (χ1) is 12.0. The number of carbonyl (C=O) groups excluding carboxylic acids is 2. The van der Waals surface area contributed by atoms with Gasteiger partial charge in [-0.05, 0) is 48.9 Å². The number of amides is 2. The Morgan fingerprint density at radius 1 is 0.920 bits per heavy atom. The third-order valence-corrected chi connectivity index (χ3v) is 3.22. The van der Waals surface area contributed by atoms with E-state index in [1.807, 2.05) is 0 Å². The molecule has 0 fully saturated rings. The number of rotatable bonds is 6. The summed E-state index contributed by atoms with van der Waals surface area (Å²) in [6, 6.07) is 12.4. The van der Waals surface area contributed by atoms with Crippen LogP contribution in [0.1, 0.15) is 22.8 Å². The second-order valence-electron chi connectivity index (χ2n) is 5.14. The van der Waals surface area contributed by atoms with E-state index in [9.17, 15) is 14.4 Å². The van der Waals surface area contributed by atoms with E-state index >= 15 is 0 Å². The molecular formula is C18H18N2O5. The molecule has 7 heteroatoms. The Morgan fingerprint density at radius 3 is 1.92 bits per heavy atom. The lowest BCUT2D eigenvalue weighted by Crippen LogP contribution is -2.19. The third-order valence-electron chi connectivity index (χ3n) is 3.22. The molecule has 0 aliphatic carbocycles. The molecule has 0 aromatic heterocycles. The molecule has 0 aliphatic heterocycles. The topological polar surface area (TPSA) is 105 Å². The van der Waals surface area contributed by atoms with Crippen LogP contribution in [0.15, 0.2) is 48.5 Å². The minimum atomic E-state index is -0.912. The van der Waals surface area contributed by atoms with Crippen LogP contribution in [0.2, 0.25) is 0 Å². The summed E-state index contributed by atoms with van der Waals surface area (Å²) in [4.78, 5) is 34.1. The summed E-state index contributed by atoms with van der Waals surface area (Å²) in [7, 11) is 0. The lowest BCUT2D eigenvalue weighted by atomic mass is 10.1. The van der Waals surface area contributed by atoms with Crippen LogP contribution in [0.3, 0.4) is 0 Å². The average Bonchev–Trinajstić information content (AvgIpc) is 2.57. The highest BCUT2D eigenvalue weighted by molar-refractivity contribution is 6.00. The molecule has 0 atom stereocenters. The van der Waals surface area contributed by atoms with E-state index in [1.54, 1.807) is 55.5 Å². The van der Waals surface area contributed by atoms with Gasteiger partial charge < -0.3 is 20.5 Å². The minimum Gasteiger partial charge on any atom is -0.481 e. The van der Waals surface area contributed by atoms with E-state index in [4.69, 9.17) is 9.84 Å². The van der Waals surface area contributed by atoms with E-state index in [-0.39, 0.29) is 6.42 Å². The molecule has 2 aromatic carbocycles. The van der Waals surface area contributed by atoms with E-state index in [0.29, 0.717) is 29.1 Å². The fourth-order valence-corrected chi connectivity index (χ4v) is 2.08. The molecule has 0 spiro atoms. The summed E-state index contributed by atoms with van der Waals surface area (Å²) in [5, 5.41) is 14.0. The first-order valence-corrected chi connectivity index (χ1v) is 7.64. The number of urea groups is 1. The minimum absolute atomic E-state index is 0.0701. The summed E-state index contributed by atoms with van der Waals surface area (Å²) < 4.78 is 4.89.